The summed E-state index contributed by atoms with van der Waals surface area (Å²) in [6.45, 7) is 13.6. The van der Waals surface area contributed by atoms with Crippen LogP contribution >= 0.6 is 18.5 Å². The Kier molecular flexibility index (Phi) is 15.6. The molecule has 3 saturated carbocycles. The first-order valence-electron chi connectivity index (χ1n) is 20.3. The summed E-state index contributed by atoms with van der Waals surface area (Å²) in [6.07, 6.45) is -0.118. The van der Waals surface area contributed by atoms with Crippen molar-refractivity contribution in [2.75, 3.05) is 6.61 Å². The SMILES string of the molecule is CC(=O)OCCCC1CC(O)C2(C)C(P)C(OC(C)=O)C3=C(C)C(OC(=O)C(O)C(CC(=O)OC4CCCCC4)C(C)C)CC(O)(C(OC(=O)[PH3+])C2C1)C3(C)C. The van der Waals surface area contributed by atoms with Crippen molar-refractivity contribution < 1.29 is 63.0 Å². The molecule has 0 aromatic heterocycles. The van der Waals surface area contributed by atoms with Crippen LogP contribution in [-0.4, -0.2) is 99.4 Å². The van der Waals surface area contributed by atoms with Gasteiger partial charge in [-0.3, -0.25) is 14.4 Å². The zero-order valence-corrected chi connectivity index (χ0v) is 37.1. The van der Waals surface area contributed by atoms with E-state index < -0.39 is 88.1 Å². The molecule has 0 spiro atoms. The number of esters is 4. The smallest absolute Gasteiger partial charge is 0.443 e. The Bertz CT molecular complexity index is 1490. The number of carbonyl (C=O) groups is 5. The van der Waals surface area contributed by atoms with Crippen LogP contribution in [-0.2, 0) is 42.9 Å². The fourth-order valence-electron chi connectivity index (χ4n) is 10.2. The van der Waals surface area contributed by atoms with E-state index in [-0.39, 0.29) is 43.4 Å². The second-order valence-corrected chi connectivity index (χ2v) is 19.2. The summed E-state index contributed by atoms with van der Waals surface area (Å²) in [5.41, 5.74) is -4.59. The zero-order valence-electron chi connectivity index (χ0n) is 34.5. The van der Waals surface area contributed by atoms with Crippen LogP contribution in [0.4, 0.5) is 4.79 Å². The predicted molar refractivity (Wildman–Crippen MR) is 214 cm³/mol. The van der Waals surface area contributed by atoms with Gasteiger partial charge in [-0.2, -0.15) is 0 Å². The third-order valence-corrected chi connectivity index (χ3v) is 14.8. The molecule has 15 heteroatoms. The van der Waals surface area contributed by atoms with Crippen LogP contribution in [0.2, 0.25) is 0 Å². The number of carbonyl (C=O) groups excluding carboxylic acids is 5. The molecule has 4 aliphatic carbocycles. The van der Waals surface area contributed by atoms with Gasteiger partial charge in [0.05, 0.1) is 28.4 Å². The predicted octanol–water partition coefficient (Wildman–Crippen LogP) is 5.31. The van der Waals surface area contributed by atoms with Gasteiger partial charge < -0.3 is 39.0 Å². The van der Waals surface area contributed by atoms with Crippen LogP contribution in [0.5, 0.6) is 0 Å². The van der Waals surface area contributed by atoms with Gasteiger partial charge in [-0.05, 0) is 81.3 Å². The van der Waals surface area contributed by atoms with E-state index in [1.165, 1.54) is 13.8 Å². The van der Waals surface area contributed by atoms with Crippen LogP contribution in [0.3, 0.4) is 0 Å². The Labute approximate surface area is 336 Å². The topological polar surface area (TPSA) is 192 Å². The molecular weight excluding hydrogens is 762 g/mol. The van der Waals surface area contributed by atoms with E-state index in [9.17, 15) is 39.3 Å². The van der Waals surface area contributed by atoms with Crippen LogP contribution in [0.15, 0.2) is 11.1 Å². The van der Waals surface area contributed by atoms with E-state index in [1.54, 1.807) is 34.6 Å². The molecular formula is C41H67O13P2+. The summed E-state index contributed by atoms with van der Waals surface area (Å²) in [7, 11) is 3.77. The maximum atomic E-state index is 14.0. The normalized spacial score (nSPS) is 34.3. The highest BCUT2D eigenvalue weighted by atomic mass is 31.0. The summed E-state index contributed by atoms with van der Waals surface area (Å²) in [5, 5.41) is 36.9. The molecule has 13 atom stereocenters. The summed E-state index contributed by atoms with van der Waals surface area (Å²) in [5.74, 6) is -4.35. The second kappa shape index (κ2) is 18.8. The molecule has 0 aromatic carbocycles. The number of rotatable bonds is 13. The molecule has 4 rings (SSSR count). The lowest BCUT2D eigenvalue weighted by molar-refractivity contribution is -0.228. The molecule has 56 heavy (non-hydrogen) atoms. The zero-order chi connectivity index (χ0) is 41.9. The van der Waals surface area contributed by atoms with Crippen LogP contribution < -0.4 is 0 Å². The van der Waals surface area contributed by atoms with Crippen molar-refractivity contribution in [3.05, 3.63) is 11.1 Å². The van der Waals surface area contributed by atoms with E-state index in [0.717, 1.165) is 41.3 Å². The molecule has 2 bridgehead atoms. The maximum Gasteiger partial charge on any atom is 0.443 e. The minimum Gasteiger partial charge on any atom is -0.466 e. The minimum atomic E-state index is -1.94. The molecule has 0 aliphatic heterocycles. The fraction of sp³-hybridized carbons (Fsp3) is 0.829. The summed E-state index contributed by atoms with van der Waals surface area (Å²) >= 11 is 0. The molecule has 0 amide bonds. The van der Waals surface area contributed by atoms with Gasteiger partial charge in [0.15, 0.2) is 6.10 Å². The van der Waals surface area contributed by atoms with Crippen molar-refractivity contribution in [2.24, 2.45) is 34.5 Å². The molecule has 13 unspecified atom stereocenters. The molecule has 0 heterocycles. The number of ether oxygens (including phenoxy) is 5. The van der Waals surface area contributed by atoms with Crippen molar-refractivity contribution in [2.45, 2.75) is 174 Å². The third kappa shape index (κ3) is 9.81. The molecule has 3 fully saturated rings. The van der Waals surface area contributed by atoms with Gasteiger partial charge in [0, 0.05) is 48.6 Å². The Morgan fingerprint density at radius 2 is 1.59 bits per heavy atom. The third-order valence-electron chi connectivity index (χ3n) is 13.6. The fourth-order valence-corrected chi connectivity index (χ4v) is 11.1. The quantitative estimate of drug-likeness (QED) is 0.0712. The van der Waals surface area contributed by atoms with Gasteiger partial charge in [-0.25, -0.2) is 9.59 Å². The van der Waals surface area contributed by atoms with Crippen molar-refractivity contribution in [1.82, 2.24) is 0 Å². The lowest BCUT2D eigenvalue weighted by Crippen LogP contribution is -2.71. The largest absolute Gasteiger partial charge is 0.466 e. The number of fused-ring (bicyclic) bond motifs is 3. The maximum absolute atomic E-state index is 14.0. The van der Waals surface area contributed by atoms with E-state index in [1.807, 2.05) is 6.92 Å². The average Bonchev–Trinajstić information content (AvgIpc) is 3.10. The average molecular weight is 830 g/mol. The summed E-state index contributed by atoms with van der Waals surface area (Å²) in [4.78, 5) is 64.3. The first-order chi connectivity index (χ1) is 26.1. The van der Waals surface area contributed by atoms with Gasteiger partial charge in [0.25, 0.3) is 0 Å². The van der Waals surface area contributed by atoms with Gasteiger partial charge in [-0.15, -0.1) is 9.24 Å². The number of hydrogen-bond acceptors (Lipinski definition) is 13. The summed E-state index contributed by atoms with van der Waals surface area (Å²) < 4.78 is 29.3. The van der Waals surface area contributed by atoms with Crippen LogP contribution in [0.1, 0.15) is 126 Å². The van der Waals surface area contributed by atoms with Crippen LogP contribution in [0.25, 0.3) is 0 Å². The highest BCUT2D eigenvalue weighted by molar-refractivity contribution is 7.39. The van der Waals surface area contributed by atoms with E-state index >= 15 is 0 Å². The molecule has 0 radical (unpaired) electrons. The number of hydrogen-bond donors (Lipinski definition) is 3. The first-order valence-corrected chi connectivity index (χ1v) is 21.7. The lowest BCUT2D eigenvalue weighted by atomic mass is 9.47. The standard InChI is InChI=1S/C41H66O13P2/c1-21(2)27(19-31(45)52-26-14-10-9-11-15-26)33(46)37(47)53-29-20-41(49)35(54-38(48)56)28-17-25(13-12-16-50-23(4)42)18-30(44)40(28,8)36(55)34(51-24(5)43)32(22(29)3)39(41,6)7/h21,25-30,33-36,44,46,49H,9-20,55-56H2,1-8H3/p+1. The Hall–Kier alpha value is -2.17. The second-order valence-electron chi connectivity index (χ2n) is 17.9. The molecule has 0 aromatic rings. The van der Waals surface area contributed by atoms with Gasteiger partial charge in [-0.1, -0.05) is 41.0 Å². The van der Waals surface area contributed by atoms with Gasteiger partial charge in [0.2, 0.25) is 0 Å². The van der Waals surface area contributed by atoms with Crippen molar-refractivity contribution in [3.63, 3.8) is 0 Å². The lowest BCUT2D eigenvalue weighted by Gasteiger charge is -2.63. The van der Waals surface area contributed by atoms with E-state index in [4.69, 9.17) is 23.7 Å². The van der Waals surface area contributed by atoms with Crippen LogP contribution in [0, 0.1) is 34.5 Å². The Morgan fingerprint density at radius 3 is 2.16 bits per heavy atom. The molecule has 4 aliphatic rings. The Morgan fingerprint density at radius 1 is 0.946 bits per heavy atom. The molecule has 3 N–H and O–H groups in total. The van der Waals surface area contributed by atoms with Crippen molar-refractivity contribution in [3.8, 4) is 0 Å². The highest BCUT2D eigenvalue weighted by Crippen LogP contribution is 2.63. The Balaban J connectivity index is 1.76. The summed E-state index contributed by atoms with van der Waals surface area (Å²) in [6, 6.07) is 0. The highest BCUT2D eigenvalue weighted by Gasteiger charge is 2.69. The van der Waals surface area contributed by atoms with Gasteiger partial charge >= 0.3 is 29.6 Å². The van der Waals surface area contributed by atoms with Crippen molar-refractivity contribution >= 4 is 48.1 Å². The molecule has 318 valence electrons. The van der Waals surface area contributed by atoms with Crippen molar-refractivity contribution in [1.29, 1.82) is 0 Å². The number of aliphatic hydroxyl groups excluding tert-OH is 2. The monoisotopic (exact) mass is 829 g/mol. The van der Waals surface area contributed by atoms with Gasteiger partial charge in [0.1, 0.15) is 30.0 Å². The first kappa shape index (κ1) is 46.5. The molecule has 13 nitrogen and oxygen atoms in total. The van der Waals surface area contributed by atoms with E-state index in [2.05, 4.69) is 9.24 Å². The minimum absolute atomic E-state index is 0.100. The van der Waals surface area contributed by atoms with E-state index in [0.29, 0.717) is 36.8 Å². The number of aliphatic hydroxyl groups is 3. The molecule has 0 saturated heterocycles.